The topological polar surface area (TPSA) is 9.23 Å². The minimum atomic E-state index is -4.54. The van der Waals surface area contributed by atoms with Crippen LogP contribution in [0.2, 0.25) is 0 Å². The van der Waals surface area contributed by atoms with Crippen molar-refractivity contribution in [1.82, 2.24) is 0 Å². The minimum absolute atomic E-state index is 0.138. The SMILES string of the molecule is Fc1ccc(OC(F)(F)c2c(F)cc(-c3ccc(C4CCCC4)cc3F)cc2F)cc1F. The first-order valence-corrected chi connectivity index (χ1v) is 9.97. The normalized spacial score (nSPS) is 14.7. The van der Waals surface area contributed by atoms with E-state index in [-0.39, 0.29) is 17.0 Å². The molecular formula is C24H17F7O. The fraction of sp³-hybridized carbons (Fsp3) is 0.250. The number of hydrogen-bond acceptors (Lipinski definition) is 1. The maximum Gasteiger partial charge on any atom is 0.432 e. The van der Waals surface area contributed by atoms with Crippen LogP contribution in [0, 0.1) is 29.1 Å². The monoisotopic (exact) mass is 454 g/mol. The van der Waals surface area contributed by atoms with Crippen molar-refractivity contribution in [2.45, 2.75) is 37.7 Å². The molecule has 1 nitrogen and oxygen atoms in total. The van der Waals surface area contributed by atoms with Crippen molar-refractivity contribution in [3.8, 4) is 16.9 Å². The number of benzene rings is 3. The fourth-order valence-corrected chi connectivity index (χ4v) is 4.02. The first kappa shape index (κ1) is 22.2. The average Bonchev–Trinajstić information content (AvgIpc) is 3.24. The molecule has 3 aromatic carbocycles. The highest BCUT2D eigenvalue weighted by molar-refractivity contribution is 5.65. The second kappa shape index (κ2) is 8.48. The van der Waals surface area contributed by atoms with Crippen LogP contribution in [-0.2, 0) is 6.11 Å². The van der Waals surface area contributed by atoms with Gasteiger partial charge in [-0.25, -0.2) is 22.0 Å². The van der Waals surface area contributed by atoms with Crippen molar-refractivity contribution in [2.75, 3.05) is 0 Å². The van der Waals surface area contributed by atoms with Gasteiger partial charge < -0.3 is 4.74 Å². The molecule has 0 aliphatic heterocycles. The number of halogens is 7. The van der Waals surface area contributed by atoms with E-state index in [4.69, 9.17) is 0 Å². The molecule has 0 atom stereocenters. The van der Waals surface area contributed by atoms with E-state index in [0.717, 1.165) is 31.2 Å². The van der Waals surface area contributed by atoms with Crippen molar-refractivity contribution in [2.24, 2.45) is 0 Å². The predicted molar refractivity (Wildman–Crippen MR) is 104 cm³/mol. The van der Waals surface area contributed by atoms with Crippen LogP contribution in [0.15, 0.2) is 48.5 Å². The summed E-state index contributed by atoms with van der Waals surface area (Å²) in [5.41, 5.74) is -1.34. The molecular weight excluding hydrogens is 437 g/mol. The van der Waals surface area contributed by atoms with E-state index in [1.54, 1.807) is 6.07 Å². The fourth-order valence-electron chi connectivity index (χ4n) is 4.02. The van der Waals surface area contributed by atoms with Crippen LogP contribution < -0.4 is 4.74 Å². The van der Waals surface area contributed by atoms with Crippen molar-refractivity contribution in [1.29, 1.82) is 0 Å². The zero-order valence-corrected chi connectivity index (χ0v) is 16.6. The molecule has 32 heavy (non-hydrogen) atoms. The van der Waals surface area contributed by atoms with Gasteiger partial charge in [0, 0.05) is 11.6 Å². The molecule has 1 aliphatic carbocycles. The lowest BCUT2D eigenvalue weighted by Gasteiger charge is -2.20. The van der Waals surface area contributed by atoms with Crippen molar-refractivity contribution >= 4 is 0 Å². The predicted octanol–water partition coefficient (Wildman–Crippen LogP) is 7.84. The summed E-state index contributed by atoms with van der Waals surface area (Å²) in [7, 11) is 0. The van der Waals surface area contributed by atoms with Gasteiger partial charge in [0.1, 0.15) is 28.8 Å². The summed E-state index contributed by atoms with van der Waals surface area (Å²) in [6.45, 7) is 0. The highest BCUT2D eigenvalue weighted by Gasteiger charge is 2.41. The summed E-state index contributed by atoms with van der Waals surface area (Å²) < 4.78 is 103. The number of rotatable bonds is 5. The van der Waals surface area contributed by atoms with Crippen molar-refractivity contribution in [3.63, 3.8) is 0 Å². The third-order valence-corrected chi connectivity index (χ3v) is 5.60. The summed E-state index contributed by atoms with van der Waals surface area (Å²) in [5, 5.41) is 0. The van der Waals surface area contributed by atoms with Gasteiger partial charge in [0.25, 0.3) is 0 Å². The molecule has 1 saturated carbocycles. The Hall–Kier alpha value is -3.03. The van der Waals surface area contributed by atoms with Crippen LogP contribution in [0.1, 0.15) is 42.7 Å². The maximum absolute atomic E-state index is 14.7. The molecule has 0 heterocycles. The summed E-state index contributed by atoms with van der Waals surface area (Å²) in [5.74, 6) is -7.44. The van der Waals surface area contributed by atoms with Gasteiger partial charge in [-0.1, -0.05) is 25.0 Å². The lowest BCUT2D eigenvalue weighted by Crippen LogP contribution is -2.25. The molecule has 0 N–H and O–H groups in total. The van der Waals surface area contributed by atoms with E-state index in [9.17, 15) is 30.7 Å². The van der Waals surface area contributed by atoms with Gasteiger partial charge >= 0.3 is 6.11 Å². The van der Waals surface area contributed by atoms with Crippen molar-refractivity contribution < 1.29 is 35.5 Å². The van der Waals surface area contributed by atoms with Crippen LogP contribution in [0.4, 0.5) is 30.7 Å². The van der Waals surface area contributed by atoms with Crippen LogP contribution >= 0.6 is 0 Å². The van der Waals surface area contributed by atoms with Crippen LogP contribution in [0.3, 0.4) is 0 Å². The highest BCUT2D eigenvalue weighted by atomic mass is 19.3. The Morgan fingerprint density at radius 1 is 0.688 bits per heavy atom. The van der Waals surface area contributed by atoms with Gasteiger partial charge in [-0.2, -0.15) is 8.78 Å². The van der Waals surface area contributed by atoms with E-state index in [1.165, 1.54) is 12.1 Å². The second-order valence-electron chi connectivity index (χ2n) is 7.73. The van der Waals surface area contributed by atoms with Gasteiger partial charge in [0.15, 0.2) is 11.6 Å². The molecule has 0 saturated heterocycles. The zero-order chi connectivity index (χ0) is 23.0. The maximum atomic E-state index is 14.7. The van der Waals surface area contributed by atoms with E-state index >= 15 is 0 Å². The first-order chi connectivity index (χ1) is 15.2. The van der Waals surface area contributed by atoms with Gasteiger partial charge in [0.05, 0.1) is 0 Å². The molecule has 0 radical (unpaired) electrons. The third-order valence-electron chi connectivity index (χ3n) is 5.60. The average molecular weight is 454 g/mol. The summed E-state index contributed by atoms with van der Waals surface area (Å²) >= 11 is 0. The highest BCUT2D eigenvalue weighted by Crippen LogP contribution is 2.39. The Balaban J connectivity index is 1.65. The van der Waals surface area contributed by atoms with Gasteiger partial charge in [-0.05, 0) is 60.2 Å². The number of alkyl halides is 2. The summed E-state index contributed by atoms with van der Waals surface area (Å²) in [4.78, 5) is 0. The Morgan fingerprint density at radius 2 is 1.34 bits per heavy atom. The number of ether oxygens (including phenoxy) is 1. The molecule has 168 valence electrons. The van der Waals surface area contributed by atoms with Gasteiger partial charge in [-0.3, -0.25) is 0 Å². The molecule has 0 unspecified atom stereocenters. The van der Waals surface area contributed by atoms with E-state index < -0.39 is 46.5 Å². The van der Waals surface area contributed by atoms with Crippen LogP contribution in [-0.4, -0.2) is 0 Å². The quantitative estimate of drug-likeness (QED) is 0.357. The van der Waals surface area contributed by atoms with Crippen molar-refractivity contribution in [3.05, 3.63) is 88.7 Å². The lowest BCUT2D eigenvalue weighted by molar-refractivity contribution is -0.189. The summed E-state index contributed by atoms with van der Waals surface area (Å²) in [6, 6.07) is 7.05. The van der Waals surface area contributed by atoms with Gasteiger partial charge in [0.2, 0.25) is 0 Å². The molecule has 1 fully saturated rings. The molecule has 1 aliphatic rings. The third kappa shape index (κ3) is 4.31. The second-order valence-corrected chi connectivity index (χ2v) is 7.73. The molecule has 0 aromatic heterocycles. The zero-order valence-electron chi connectivity index (χ0n) is 16.6. The largest absolute Gasteiger partial charge is 0.432 e. The standard InChI is InChI=1S/C24H17F7O/c25-18-8-6-16(12-20(18)27)32-24(30,31)23-21(28)10-15(11-22(23)29)17-7-5-14(9-19(17)26)13-3-1-2-4-13/h5-13H,1-4H2. The Morgan fingerprint density at radius 3 is 1.94 bits per heavy atom. The van der Waals surface area contributed by atoms with Gasteiger partial charge in [-0.15, -0.1) is 0 Å². The van der Waals surface area contributed by atoms with E-state index in [0.29, 0.717) is 30.3 Å². The summed E-state index contributed by atoms with van der Waals surface area (Å²) in [6.07, 6.45) is -0.574. The minimum Gasteiger partial charge on any atom is -0.429 e. The Labute approximate surface area is 179 Å². The van der Waals surface area contributed by atoms with E-state index in [2.05, 4.69) is 4.74 Å². The molecule has 3 aromatic rings. The van der Waals surface area contributed by atoms with E-state index in [1.807, 2.05) is 0 Å². The Bertz CT molecular complexity index is 1130. The number of hydrogen-bond donors (Lipinski definition) is 0. The molecule has 0 bridgehead atoms. The van der Waals surface area contributed by atoms with Crippen LogP contribution in [0.5, 0.6) is 5.75 Å². The first-order valence-electron chi connectivity index (χ1n) is 9.97. The smallest absolute Gasteiger partial charge is 0.429 e. The molecule has 0 amide bonds. The Kier molecular flexibility index (Phi) is 5.88. The van der Waals surface area contributed by atoms with Crippen LogP contribution in [0.25, 0.3) is 11.1 Å². The molecule has 0 spiro atoms. The molecule has 8 heteroatoms. The molecule has 4 rings (SSSR count). The lowest BCUT2D eigenvalue weighted by atomic mass is 9.94.